The number of rotatable bonds is 6. The Morgan fingerprint density at radius 2 is 1.96 bits per heavy atom. The first-order valence-corrected chi connectivity index (χ1v) is 9.09. The monoisotopic (exact) mass is 338 g/mol. The molecule has 0 radical (unpaired) electrons. The molecule has 1 aromatic carbocycles. The summed E-state index contributed by atoms with van der Waals surface area (Å²) in [6.07, 6.45) is 9.29. The third-order valence-corrected chi connectivity index (χ3v) is 4.53. The van der Waals surface area contributed by atoms with Crippen LogP contribution in [0, 0.1) is 0 Å². The van der Waals surface area contributed by atoms with Crippen molar-refractivity contribution in [2.24, 2.45) is 0 Å². The van der Waals surface area contributed by atoms with Gasteiger partial charge in [0, 0.05) is 18.7 Å². The number of anilines is 1. The van der Waals surface area contributed by atoms with Gasteiger partial charge in [0.25, 0.3) is 0 Å². The van der Waals surface area contributed by atoms with Crippen LogP contribution in [0.5, 0.6) is 0 Å². The molecule has 0 atom stereocenters. The van der Waals surface area contributed by atoms with Gasteiger partial charge in [0.1, 0.15) is 5.82 Å². The van der Waals surface area contributed by atoms with Gasteiger partial charge >= 0.3 is 0 Å². The molecule has 1 fully saturated rings. The topological polar surface area (TPSA) is 72.9 Å². The standard InChI is InChI=1S/C20H26N4O/c21-19-15-17(23-24(19)18-11-5-2-6-12-18)10-7-13-22-20(25)14-16-8-3-1-4-9-16/h2,5-6,11-12,14-15H,1,3-4,7-10,13,21H2,(H,22,25). The Morgan fingerprint density at radius 1 is 1.20 bits per heavy atom. The van der Waals surface area contributed by atoms with Crippen LogP contribution in [0.4, 0.5) is 5.82 Å². The van der Waals surface area contributed by atoms with Crippen LogP contribution in [-0.2, 0) is 11.2 Å². The van der Waals surface area contributed by atoms with Gasteiger partial charge in [-0.05, 0) is 50.7 Å². The fraction of sp³-hybridized carbons (Fsp3) is 0.400. The number of nitrogens with two attached hydrogens (primary N) is 1. The van der Waals surface area contributed by atoms with Crippen LogP contribution in [0.25, 0.3) is 5.69 Å². The SMILES string of the molecule is Nc1cc(CCCNC(=O)C=C2CCCCC2)nn1-c1ccccc1. The van der Waals surface area contributed by atoms with E-state index in [1.165, 1.54) is 24.8 Å². The zero-order chi connectivity index (χ0) is 17.5. The molecular formula is C20H26N4O. The molecule has 5 heteroatoms. The van der Waals surface area contributed by atoms with Crippen molar-refractivity contribution in [2.75, 3.05) is 12.3 Å². The Balaban J connectivity index is 1.46. The molecule has 0 aliphatic heterocycles. The van der Waals surface area contributed by atoms with E-state index >= 15 is 0 Å². The van der Waals surface area contributed by atoms with Gasteiger partial charge in [-0.2, -0.15) is 5.10 Å². The number of allylic oxidation sites excluding steroid dienone is 1. The molecule has 0 saturated heterocycles. The van der Waals surface area contributed by atoms with Crippen molar-refractivity contribution in [1.82, 2.24) is 15.1 Å². The highest BCUT2D eigenvalue weighted by Crippen LogP contribution is 2.22. The molecule has 1 aromatic heterocycles. The van der Waals surface area contributed by atoms with Gasteiger partial charge in [-0.15, -0.1) is 0 Å². The van der Waals surface area contributed by atoms with Crippen molar-refractivity contribution in [3.63, 3.8) is 0 Å². The maximum atomic E-state index is 11.9. The largest absolute Gasteiger partial charge is 0.384 e. The lowest BCUT2D eigenvalue weighted by Gasteiger charge is -2.13. The second-order valence-electron chi connectivity index (χ2n) is 6.57. The van der Waals surface area contributed by atoms with E-state index in [1.54, 1.807) is 10.8 Å². The van der Waals surface area contributed by atoms with Gasteiger partial charge in [-0.3, -0.25) is 4.79 Å². The van der Waals surface area contributed by atoms with Crippen molar-refractivity contribution < 1.29 is 4.79 Å². The summed E-state index contributed by atoms with van der Waals surface area (Å²) in [5, 5.41) is 7.53. The number of benzene rings is 1. The average molecular weight is 338 g/mol. The molecule has 132 valence electrons. The van der Waals surface area contributed by atoms with Gasteiger partial charge < -0.3 is 11.1 Å². The van der Waals surface area contributed by atoms with E-state index in [9.17, 15) is 4.79 Å². The molecule has 1 aliphatic rings. The third-order valence-electron chi connectivity index (χ3n) is 4.53. The number of para-hydroxylation sites is 1. The first-order valence-electron chi connectivity index (χ1n) is 9.09. The van der Waals surface area contributed by atoms with Gasteiger partial charge in [-0.1, -0.05) is 30.2 Å². The van der Waals surface area contributed by atoms with Crippen molar-refractivity contribution in [2.45, 2.75) is 44.9 Å². The Hall–Kier alpha value is -2.56. The highest BCUT2D eigenvalue weighted by Gasteiger charge is 2.08. The summed E-state index contributed by atoms with van der Waals surface area (Å²) in [7, 11) is 0. The van der Waals surface area contributed by atoms with Crippen molar-refractivity contribution >= 4 is 11.7 Å². The molecule has 2 aromatic rings. The zero-order valence-electron chi connectivity index (χ0n) is 14.6. The molecule has 1 amide bonds. The Bertz CT molecular complexity index is 725. The second kappa shape index (κ2) is 8.51. The number of nitrogens with one attached hydrogen (secondary N) is 1. The fourth-order valence-electron chi connectivity index (χ4n) is 3.21. The zero-order valence-corrected chi connectivity index (χ0v) is 14.6. The highest BCUT2D eigenvalue weighted by atomic mass is 16.1. The van der Waals surface area contributed by atoms with E-state index in [2.05, 4.69) is 10.4 Å². The maximum absolute atomic E-state index is 11.9. The van der Waals surface area contributed by atoms with Crippen molar-refractivity contribution in [1.29, 1.82) is 0 Å². The Labute approximate surface area is 148 Å². The number of aryl methyl sites for hydroxylation is 1. The first kappa shape index (κ1) is 17.3. The fourth-order valence-corrected chi connectivity index (χ4v) is 3.21. The van der Waals surface area contributed by atoms with E-state index in [0.29, 0.717) is 12.4 Å². The molecule has 1 aliphatic carbocycles. The predicted octanol–water partition coefficient (Wildman–Crippen LogP) is 3.39. The number of nitrogens with zero attached hydrogens (tertiary/aromatic N) is 2. The smallest absolute Gasteiger partial charge is 0.243 e. The number of carbonyl (C=O) groups is 1. The summed E-state index contributed by atoms with van der Waals surface area (Å²) < 4.78 is 1.75. The molecule has 5 nitrogen and oxygen atoms in total. The molecule has 0 spiro atoms. The normalized spacial score (nSPS) is 14.3. The quantitative estimate of drug-likeness (QED) is 0.626. The second-order valence-corrected chi connectivity index (χ2v) is 6.57. The van der Waals surface area contributed by atoms with Crippen LogP contribution < -0.4 is 11.1 Å². The molecule has 3 N–H and O–H groups in total. The molecule has 1 heterocycles. The molecule has 25 heavy (non-hydrogen) atoms. The van der Waals surface area contributed by atoms with Crippen LogP contribution in [0.1, 0.15) is 44.2 Å². The van der Waals surface area contributed by atoms with E-state index in [4.69, 9.17) is 5.73 Å². The number of hydrogen-bond acceptors (Lipinski definition) is 3. The van der Waals surface area contributed by atoms with Crippen LogP contribution in [0.2, 0.25) is 0 Å². The van der Waals surface area contributed by atoms with Crippen molar-refractivity contribution in [3.05, 3.63) is 53.7 Å². The molecule has 1 saturated carbocycles. The van der Waals surface area contributed by atoms with Crippen LogP contribution in [0.15, 0.2) is 48.0 Å². The summed E-state index contributed by atoms with van der Waals surface area (Å²) in [4.78, 5) is 11.9. The number of nitrogen functional groups attached to an aromatic ring is 1. The lowest BCUT2D eigenvalue weighted by molar-refractivity contribution is -0.116. The van der Waals surface area contributed by atoms with E-state index in [1.807, 2.05) is 36.4 Å². The summed E-state index contributed by atoms with van der Waals surface area (Å²) in [6.45, 7) is 0.653. The number of hydrogen-bond donors (Lipinski definition) is 2. The molecular weight excluding hydrogens is 312 g/mol. The number of amides is 1. The number of carbonyl (C=O) groups excluding carboxylic acids is 1. The van der Waals surface area contributed by atoms with Gasteiger partial charge in [0.15, 0.2) is 0 Å². The minimum absolute atomic E-state index is 0.0335. The third kappa shape index (κ3) is 4.95. The summed E-state index contributed by atoms with van der Waals surface area (Å²) in [6, 6.07) is 11.8. The molecule has 0 unspecified atom stereocenters. The lowest BCUT2D eigenvalue weighted by Crippen LogP contribution is -2.23. The molecule has 0 bridgehead atoms. The highest BCUT2D eigenvalue weighted by molar-refractivity contribution is 5.88. The summed E-state index contributed by atoms with van der Waals surface area (Å²) in [5.74, 6) is 0.665. The summed E-state index contributed by atoms with van der Waals surface area (Å²) >= 11 is 0. The first-order chi connectivity index (χ1) is 12.2. The van der Waals surface area contributed by atoms with Crippen molar-refractivity contribution in [3.8, 4) is 5.69 Å². The Morgan fingerprint density at radius 3 is 2.72 bits per heavy atom. The van der Waals surface area contributed by atoms with Crippen LogP contribution in [0.3, 0.4) is 0 Å². The van der Waals surface area contributed by atoms with E-state index in [0.717, 1.165) is 37.1 Å². The number of aromatic nitrogens is 2. The average Bonchev–Trinajstić information content (AvgIpc) is 3.01. The van der Waals surface area contributed by atoms with Gasteiger partial charge in [-0.25, -0.2) is 4.68 Å². The van der Waals surface area contributed by atoms with E-state index in [-0.39, 0.29) is 5.91 Å². The minimum Gasteiger partial charge on any atom is -0.384 e. The summed E-state index contributed by atoms with van der Waals surface area (Å²) in [5.41, 5.74) is 9.25. The van der Waals surface area contributed by atoms with Gasteiger partial charge in [0.05, 0.1) is 11.4 Å². The van der Waals surface area contributed by atoms with Gasteiger partial charge in [0.2, 0.25) is 5.91 Å². The molecule has 3 rings (SSSR count). The lowest BCUT2D eigenvalue weighted by atomic mass is 9.95. The Kier molecular flexibility index (Phi) is 5.88. The van der Waals surface area contributed by atoms with Crippen LogP contribution >= 0.6 is 0 Å². The maximum Gasteiger partial charge on any atom is 0.243 e. The van der Waals surface area contributed by atoms with E-state index < -0.39 is 0 Å². The van der Waals surface area contributed by atoms with Crippen LogP contribution in [-0.4, -0.2) is 22.2 Å². The minimum atomic E-state index is 0.0335. The predicted molar refractivity (Wildman–Crippen MR) is 100 cm³/mol.